The maximum atomic E-state index is 12.6. The minimum Gasteiger partial charge on any atom is -0.463 e. The van der Waals surface area contributed by atoms with Crippen LogP contribution in [0.3, 0.4) is 0 Å². The number of hydrogen-bond acceptors (Lipinski definition) is 11. The molecule has 11 heteroatoms. The van der Waals surface area contributed by atoms with Gasteiger partial charge in [0.1, 0.15) is 25.0 Å². The molecule has 4 atom stereocenters. The van der Waals surface area contributed by atoms with E-state index >= 15 is 0 Å². The van der Waals surface area contributed by atoms with Crippen LogP contribution in [0.15, 0.2) is 36.5 Å². The number of benzene rings is 1. The first-order valence-electron chi connectivity index (χ1n) is 10.2. The van der Waals surface area contributed by atoms with Gasteiger partial charge in [-0.15, -0.1) is 0 Å². The monoisotopic (exact) mass is 476 g/mol. The molecule has 176 valence electrons. The summed E-state index contributed by atoms with van der Waals surface area (Å²) in [5.41, 5.74) is 0.544. The summed E-state index contributed by atoms with van der Waals surface area (Å²) in [6.45, 7) is 3.49. The molecular weight excluding hydrogens is 452 g/mol. The summed E-state index contributed by atoms with van der Waals surface area (Å²) < 4.78 is 21.7. The molecule has 2 unspecified atom stereocenters. The Hall–Kier alpha value is -3.31. The molecule has 1 saturated heterocycles. The van der Waals surface area contributed by atoms with Gasteiger partial charge in [-0.05, 0) is 0 Å². The lowest BCUT2D eigenvalue weighted by atomic mass is 10.0. The van der Waals surface area contributed by atoms with E-state index in [1.807, 2.05) is 6.07 Å². The van der Waals surface area contributed by atoms with Crippen molar-refractivity contribution in [2.45, 2.75) is 51.7 Å². The second-order valence-corrected chi connectivity index (χ2v) is 8.32. The molecule has 1 aliphatic heterocycles. The molecule has 2 aromatic rings. The molecule has 2 heterocycles. The molecule has 1 aromatic carbocycles. The maximum absolute atomic E-state index is 12.6. The zero-order valence-electron chi connectivity index (χ0n) is 18.3. The first-order valence-corrected chi connectivity index (χ1v) is 11.0. The minimum atomic E-state index is -0.963. The summed E-state index contributed by atoms with van der Waals surface area (Å²) in [5.74, 6) is -1.85. The van der Waals surface area contributed by atoms with E-state index < -0.39 is 42.4 Å². The van der Waals surface area contributed by atoms with Gasteiger partial charge in [-0.2, -0.15) is 0 Å². The lowest BCUT2D eigenvalue weighted by Crippen LogP contribution is -2.55. The number of anilines is 1. The lowest BCUT2D eigenvalue weighted by Gasteiger charge is -2.40. The fourth-order valence-electron chi connectivity index (χ4n) is 3.34. The average molecular weight is 477 g/mol. The first-order chi connectivity index (χ1) is 15.7. The Labute approximate surface area is 194 Å². The molecule has 0 spiro atoms. The van der Waals surface area contributed by atoms with E-state index in [0.717, 1.165) is 11.3 Å². The smallest absolute Gasteiger partial charge is 0.303 e. The van der Waals surface area contributed by atoms with Crippen LogP contribution >= 0.6 is 11.3 Å². The van der Waals surface area contributed by atoms with Crippen LogP contribution in [-0.4, -0.2) is 59.8 Å². The molecule has 3 rings (SSSR count). The summed E-state index contributed by atoms with van der Waals surface area (Å²) in [6.07, 6.45) is -1.81. The van der Waals surface area contributed by atoms with Gasteiger partial charge in [0, 0.05) is 32.8 Å². The fourth-order valence-corrected chi connectivity index (χ4v) is 4.16. The predicted octanol–water partition coefficient (Wildman–Crippen LogP) is 2.33. The van der Waals surface area contributed by atoms with E-state index in [1.54, 1.807) is 24.3 Å². The van der Waals surface area contributed by atoms with Crippen molar-refractivity contribution in [3.63, 3.8) is 0 Å². The Balaban J connectivity index is 1.76. The summed E-state index contributed by atoms with van der Waals surface area (Å²) >= 11 is 1.15. The third-order valence-corrected chi connectivity index (χ3v) is 5.57. The van der Waals surface area contributed by atoms with E-state index in [2.05, 4.69) is 10.3 Å². The van der Waals surface area contributed by atoms with E-state index in [-0.39, 0.29) is 18.8 Å². The van der Waals surface area contributed by atoms with Gasteiger partial charge in [-0.25, -0.2) is 4.98 Å². The number of esters is 3. The number of rotatable bonds is 8. The first kappa shape index (κ1) is 24.3. The van der Waals surface area contributed by atoms with Crippen LogP contribution in [0.2, 0.25) is 0 Å². The molecule has 0 radical (unpaired) electrons. The largest absolute Gasteiger partial charge is 0.463 e. The quantitative estimate of drug-likeness (QED) is 0.344. The molecule has 0 saturated carbocycles. The highest BCUT2D eigenvalue weighted by Gasteiger charge is 2.44. The van der Waals surface area contributed by atoms with Crippen LogP contribution in [0, 0.1) is 0 Å². The predicted molar refractivity (Wildman–Crippen MR) is 117 cm³/mol. The van der Waals surface area contributed by atoms with E-state index in [9.17, 15) is 19.2 Å². The van der Waals surface area contributed by atoms with Crippen LogP contribution in [-0.2, 0) is 33.3 Å². The Morgan fingerprint density at radius 3 is 2.39 bits per heavy atom. The zero-order valence-corrected chi connectivity index (χ0v) is 19.1. The van der Waals surface area contributed by atoms with Crippen molar-refractivity contribution in [3.05, 3.63) is 47.0 Å². The van der Waals surface area contributed by atoms with Crippen molar-refractivity contribution >= 4 is 40.2 Å². The van der Waals surface area contributed by atoms with Gasteiger partial charge >= 0.3 is 17.9 Å². The van der Waals surface area contributed by atoms with E-state index in [1.165, 1.54) is 27.0 Å². The van der Waals surface area contributed by atoms with Crippen LogP contribution < -0.4 is 5.32 Å². The SMILES string of the molecule is CC(=O)OCC1O[C@H](Nc2ncc(C(=O)c3ccccc3)s2)C[C@@H](OC(C)=O)C1OC(C)=O. The van der Waals surface area contributed by atoms with Crippen LogP contribution in [0.5, 0.6) is 0 Å². The van der Waals surface area contributed by atoms with Crippen molar-refractivity contribution in [2.24, 2.45) is 0 Å². The fraction of sp³-hybridized carbons (Fsp3) is 0.409. The number of carbonyl (C=O) groups is 4. The molecule has 0 bridgehead atoms. The number of nitrogens with one attached hydrogen (secondary N) is 1. The molecule has 0 aliphatic carbocycles. The van der Waals surface area contributed by atoms with Crippen molar-refractivity contribution in [1.29, 1.82) is 0 Å². The third-order valence-electron chi connectivity index (χ3n) is 4.64. The molecule has 1 N–H and O–H groups in total. The summed E-state index contributed by atoms with van der Waals surface area (Å²) in [5, 5.41) is 3.48. The van der Waals surface area contributed by atoms with Gasteiger partial charge in [0.2, 0.25) is 5.78 Å². The van der Waals surface area contributed by atoms with Gasteiger partial charge in [0.05, 0.1) is 11.1 Å². The Morgan fingerprint density at radius 2 is 1.76 bits per heavy atom. The van der Waals surface area contributed by atoms with Gasteiger partial charge < -0.3 is 24.3 Å². The summed E-state index contributed by atoms with van der Waals surface area (Å²) in [7, 11) is 0. The Kier molecular flexibility index (Phi) is 8.12. The number of aromatic nitrogens is 1. The number of hydrogen-bond donors (Lipinski definition) is 1. The second kappa shape index (κ2) is 11.0. The average Bonchev–Trinajstić information content (AvgIpc) is 3.22. The Morgan fingerprint density at radius 1 is 1.06 bits per heavy atom. The van der Waals surface area contributed by atoms with Crippen molar-refractivity contribution in [2.75, 3.05) is 11.9 Å². The zero-order chi connectivity index (χ0) is 24.0. The molecule has 10 nitrogen and oxygen atoms in total. The number of ketones is 1. The number of thiazole rings is 1. The molecule has 33 heavy (non-hydrogen) atoms. The van der Waals surface area contributed by atoms with Crippen molar-refractivity contribution < 1.29 is 38.1 Å². The van der Waals surface area contributed by atoms with Gasteiger partial charge in [-0.3, -0.25) is 19.2 Å². The number of ether oxygens (including phenoxy) is 4. The maximum Gasteiger partial charge on any atom is 0.303 e. The highest BCUT2D eigenvalue weighted by atomic mass is 32.1. The van der Waals surface area contributed by atoms with Crippen LogP contribution in [0.4, 0.5) is 5.13 Å². The summed E-state index contributed by atoms with van der Waals surface area (Å²) in [4.78, 5) is 51.8. The highest BCUT2D eigenvalue weighted by molar-refractivity contribution is 7.17. The van der Waals surface area contributed by atoms with Crippen LogP contribution in [0.25, 0.3) is 0 Å². The Bertz CT molecular complexity index is 1010. The molecule has 1 fully saturated rings. The molecule has 1 aliphatic rings. The normalized spacial score (nSPS) is 22.2. The van der Waals surface area contributed by atoms with Gasteiger partial charge in [0.25, 0.3) is 0 Å². The van der Waals surface area contributed by atoms with Crippen molar-refractivity contribution in [3.8, 4) is 0 Å². The molecule has 0 amide bonds. The molecule has 1 aromatic heterocycles. The third kappa shape index (κ3) is 6.83. The van der Waals surface area contributed by atoms with Gasteiger partial charge in [-0.1, -0.05) is 41.7 Å². The number of nitrogens with zero attached hydrogens (tertiary/aromatic N) is 1. The second-order valence-electron chi connectivity index (χ2n) is 7.29. The van der Waals surface area contributed by atoms with Gasteiger partial charge in [0.15, 0.2) is 11.2 Å². The number of carbonyl (C=O) groups excluding carboxylic acids is 4. The summed E-state index contributed by atoms with van der Waals surface area (Å²) in [6, 6.07) is 8.82. The van der Waals surface area contributed by atoms with Crippen LogP contribution in [0.1, 0.15) is 42.4 Å². The minimum absolute atomic E-state index is 0.135. The molecular formula is C22H24N2O8S. The lowest BCUT2D eigenvalue weighted by molar-refractivity contribution is -0.211. The topological polar surface area (TPSA) is 130 Å². The van der Waals surface area contributed by atoms with E-state index in [0.29, 0.717) is 15.6 Å². The highest BCUT2D eigenvalue weighted by Crippen LogP contribution is 2.29. The van der Waals surface area contributed by atoms with Crippen molar-refractivity contribution in [1.82, 2.24) is 4.98 Å². The standard InChI is InChI=1S/C22H24N2O8S/c1-12(25)29-11-17-21(31-14(3)27)16(30-13(2)26)9-19(32-17)24-22-23-10-18(33-22)20(28)15-7-5-4-6-8-15/h4-8,10,16-17,19,21H,9,11H2,1-3H3,(H,23,24)/t16-,17?,19+,21?/m1/s1. The van der Waals surface area contributed by atoms with E-state index in [4.69, 9.17) is 18.9 Å².